The van der Waals surface area contributed by atoms with E-state index >= 15 is 0 Å². The number of benzene rings is 4. The minimum absolute atomic E-state index is 0.0152. The first kappa shape index (κ1) is 29.0. The van der Waals surface area contributed by atoms with E-state index in [2.05, 4.69) is 16.0 Å². The lowest BCUT2D eigenvalue weighted by atomic mass is 10.2. The van der Waals surface area contributed by atoms with Crippen molar-refractivity contribution in [3.63, 3.8) is 0 Å². The Hall–Kier alpha value is -5.54. The first-order valence-electron chi connectivity index (χ1n) is 13.3. The van der Waals surface area contributed by atoms with Crippen LogP contribution in [0.15, 0.2) is 143 Å². The average Bonchev–Trinajstić information content (AvgIpc) is 3.55. The van der Waals surface area contributed by atoms with E-state index in [0.717, 1.165) is 10.6 Å². The van der Waals surface area contributed by atoms with Crippen molar-refractivity contribution in [1.29, 1.82) is 0 Å². The van der Waals surface area contributed by atoms with Crippen LogP contribution in [0.1, 0.15) is 16.1 Å². The summed E-state index contributed by atoms with van der Waals surface area (Å²) in [7, 11) is 0. The number of hydrogen-bond donors (Lipinski definition) is 3. The lowest BCUT2D eigenvalue weighted by Crippen LogP contribution is -2.30. The molecule has 5 aromatic rings. The maximum absolute atomic E-state index is 13.2. The summed E-state index contributed by atoms with van der Waals surface area (Å²) in [5, 5.41) is 8.36. The summed E-state index contributed by atoms with van der Waals surface area (Å²) >= 11 is 1.33. The van der Waals surface area contributed by atoms with E-state index in [0.29, 0.717) is 28.4 Å². The molecule has 5 rings (SSSR count). The number of carbonyl (C=O) groups is 3. The van der Waals surface area contributed by atoms with Gasteiger partial charge in [-0.15, -0.1) is 11.8 Å². The number of furan rings is 1. The summed E-state index contributed by atoms with van der Waals surface area (Å²) < 4.78 is 11.1. The Labute approximate surface area is 252 Å². The summed E-state index contributed by atoms with van der Waals surface area (Å²) in [5.41, 5.74) is 1.58. The number of ether oxygens (including phenoxy) is 1. The highest BCUT2D eigenvalue weighted by molar-refractivity contribution is 8.00. The normalized spacial score (nSPS) is 10.9. The minimum atomic E-state index is -0.528. The molecule has 43 heavy (non-hydrogen) atoms. The van der Waals surface area contributed by atoms with Crippen LogP contribution in [-0.4, -0.2) is 23.5 Å². The van der Waals surface area contributed by atoms with Gasteiger partial charge in [0.05, 0.1) is 12.0 Å². The maximum Gasteiger partial charge on any atom is 0.272 e. The van der Waals surface area contributed by atoms with Crippen molar-refractivity contribution in [1.82, 2.24) is 5.32 Å². The molecule has 1 aromatic heterocycles. The molecule has 1 heterocycles. The van der Waals surface area contributed by atoms with Crippen LogP contribution in [0.25, 0.3) is 6.08 Å². The van der Waals surface area contributed by atoms with Gasteiger partial charge in [0, 0.05) is 27.9 Å². The Balaban J connectivity index is 1.17. The van der Waals surface area contributed by atoms with E-state index < -0.39 is 11.8 Å². The molecular weight excluding hydrogens is 562 g/mol. The van der Waals surface area contributed by atoms with Gasteiger partial charge in [-0.2, -0.15) is 0 Å². The van der Waals surface area contributed by atoms with Crippen molar-refractivity contribution >= 4 is 46.9 Å². The number of anilines is 2. The molecule has 0 unspecified atom stereocenters. The second-order valence-corrected chi connectivity index (χ2v) is 10.2. The molecule has 3 amide bonds. The third-order valence-corrected chi connectivity index (χ3v) is 6.93. The predicted molar refractivity (Wildman–Crippen MR) is 168 cm³/mol. The number of para-hydroxylation sites is 1. The van der Waals surface area contributed by atoms with E-state index in [1.54, 1.807) is 84.9 Å². The molecule has 214 valence electrons. The van der Waals surface area contributed by atoms with Crippen LogP contribution in [0, 0.1) is 0 Å². The molecule has 0 aliphatic carbocycles. The Morgan fingerprint density at radius 2 is 1.44 bits per heavy atom. The van der Waals surface area contributed by atoms with E-state index in [-0.39, 0.29) is 17.4 Å². The summed E-state index contributed by atoms with van der Waals surface area (Å²) in [6.45, 7) is 0. The number of carbonyl (C=O) groups excluding carboxylic acids is 3. The highest BCUT2D eigenvalue weighted by atomic mass is 32.2. The topological polar surface area (TPSA) is 110 Å². The summed E-state index contributed by atoms with van der Waals surface area (Å²) in [5.74, 6) is 0.837. The molecular formula is C34H27N3O5S. The Bertz CT molecular complexity index is 1700. The molecule has 3 N–H and O–H groups in total. The fraction of sp³-hybridized carbons (Fsp3) is 0.0294. The van der Waals surface area contributed by atoms with Crippen molar-refractivity contribution in [2.75, 3.05) is 16.4 Å². The summed E-state index contributed by atoms with van der Waals surface area (Å²) in [4.78, 5) is 39.3. The van der Waals surface area contributed by atoms with Crippen LogP contribution in [0.5, 0.6) is 11.5 Å². The van der Waals surface area contributed by atoms with E-state index in [4.69, 9.17) is 9.15 Å². The predicted octanol–water partition coefficient (Wildman–Crippen LogP) is 7.21. The van der Waals surface area contributed by atoms with Crippen molar-refractivity contribution in [2.24, 2.45) is 0 Å². The zero-order valence-electron chi connectivity index (χ0n) is 22.9. The molecule has 9 heteroatoms. The third-order valence-electron chi connectivity index (χ3n) is 5.94. The van der Waals surface area contributed by atoms with Gasteiger partial charge in [-0.05, 0) is 78.9 Å². The molecule has 4 aromatic carbocycles. The molecule has 0 fully saturated rings. The molecule has 0 radical (unpaired) electrons. The number of nitrogens with one attached hydrogen (secondary N) is 3. The van der Waals surface area contributed by atoms with Gasteiger partial charge >= 0.3 is 0 Å². The summed E-state index contributed by atoms with van der Waals surface area (Å²) in [6, 6.07) is 35.7. The van der Waals surface area contributed by atoms with E-state index in [1.807, 2.05) is 36.4 Å². The van der Waals surface area contributed by atoms with Crippen LogP contribution in [-0.2, 0) is 9.59 Å². The highest BCUT2D eigenvalue weighted by Crippen LogP contribution is 2.25. The lowest BCUT2D eigenvalue weighted by molar-refractivity contribution is -0.114. The second kappa shape index (κ2) is 14.4. The van der Waals surface area contributed by atoms with Gasteiger partial charge in [-0.1, -0.05) is 42.5 Å². The minimum Gasteiger partial charge on any atom is -0.465 e. The quantitative estimate of drug-likeness (QED) is 0.111. The molecule has 0 saturated carbocycles. The van der Waals surface area contributed by atoms with E-state index in [1.165, 1.54) is 24.1 Å². The monoisotopic (exact) mass is 589 g/mol. The lowest BCUT2D eigenvalue weighted by Gasteiger charge is -2.12. The Kier molecular flexibility index (Phi) is 9.69. The summed E-state index contributed by atoms with van der Waals surface area (Å²) in [6.07, 6.45) is 2.94. The number of amides is 3. The van der Waals surface area contributed by atoms with Gasteiger partial charge in [0.25, 0.3) is 11.8 Å². The molecule has 8 nitrogen and oxygen atoms in total. The second-order valence-electron chi connectivity index (χ2n) is 9.15. The standard InChI is InChI=1S/C34H27N3O5S/c38-32(35-25-16-18-28(19-17-25)42-27-12-5-2-6-13-27)23-43-30-15-7-11-26(21-30)36-34(40)31(22-29-14-8-20-41-29)37-33(39)24-9-3-1-4-10-24/h1-22H,23H2,(H,35,38)(H,36,40)(H,37,39)/b31-22-. The number of thioether (sulfide) groups is 1. The number of hydrogen-bond acceptors (Lipinski definition) is 6. The van der Waals surface area contributed by atoms with Crippen molar-refractivity contribution in [3.8, 4) is 11.5 Å². The average molecular weight is 590 g/mol. The van der Waals surface area contributed by atoms with Crippen molar-refractivity contribution in [2.45, 2.75) is 4.90 Å². The SMILES string of the molecule is O=C(CSc1cccc(NC(=O)/C(=C/c2ccco2)NC(=O)c2ccccc2)c1)Nc1ccc(Oc2ccccc2)cc1. The molecule has 0 aliphatic heterocycles. The molecule has 0 atom stereocenters. The van der Waals surface area contributed by atoms with Crippen molar-refractivity contribution < 1.29 is 23.5 Å². The molecule has 0 bridgehead atoms. The number of rotatable bonds is 11. The van der Waals surface area contributed by atoms with Crippen LogP contribution in [0.2, 0.25) is 0 Å². The Morgan fingerprint density at radius 3 is 2.16 bits per heavy atom. The molecule has 0 spiro atoms. The third kappa shape index (κ3) is 8.72. The van der Waals surface area contributed by atoms with Gasteiger partial charge in [-0.3, -0.25) is 14.4 Å². The zero-order chi connectivity index (χ0) is 29.9. The maximum atomic E-state index is 13.2. The van der Waals surface area contributed by atoms with Gasteiger partial charge in [0.2, 0.25) is 5.91 Å². The first-order chi connectivity index (χ1) is 21.0. The first-order valence-corrected chi connectivity index (χ1v) is 14.3. The Morgan fingerprint density at radius 1 is 0.721 bits per heavy atom. The largest absolute Gasteiger partial charge is 0.465 e. The smallest absolute Gasteiger partial charge is 0.272 e. The van der Waals surface area contributed by atoms with Crippen molar-refractivity contribution in [3.05, 3.63) is 145 Å². The van der Waals surface area contributed by atoms with Crippen LogP contribution < -0.4 is 20.7 Å². The fourth-order valence-corrected chi connectivity index (χ4v) is 4.65. The van der Waals surface area contributed by atoms with Gasteiger partial charge in [0.15, 0.2) is 0 Å². The van der Waals surface area contributed by atoms with Gasteiger partial charge < -0.3 is 25.1 Å². The van der Waals surface area contributed by atoms with Gasteiger partial charge in [0.1, 0.15) is 23.0 Å². The van der Waals surface area contributed by atoms with Gasteiger partial charge in [-0.25, -0.2) is 0 Å². The van der Waals surface area contributed by atoms with Crippen LogP contribution in [0.4, 0.5) is 11.4 Å². The van der Waals surface area contributed by atoms with Crippen LogP contribution >= 0.6 is 11.8 Å². The molecule has 0 saturated heterocycles. The zero-order valence-corrected chi connectivity index (χ0v) is 23.7. The van der Waals surface area contributed by atoms with E-state index in [9.17, 15) is 14.4 Å². The molecule has 0 aliphatic rings. The highest BCUT2D eigenvalue weighted by Gasteiger charge is 2.16. The van der Waals surface area contributed by atoms with Crippen LogP contribution in [0.3, 0.4) is 0 Å². The fourth-order valence-electron chi connectivity index (χ4n) is 3.90.